The molecule has 1 heterocycles. The maximum Gasteiger partial charge on any atom is 0.344 e. The lowest BCUT2D eigenvalue weighted by Gasteiger charge is -2.31. The predicted molar refractivity (Wildman–Crippen MR) is 304 cm³/mol. The van der Waals surface area contributed by atoms with E-state index in [0.29, 0.717) is 43.6 Å². The molecule has 22 nitrogen and oxygen atoms in total. The highest BCUT2D eigenvalue weighted by molar-refractivity contribution is 7.90. The van der Waals surface area contributed by atoms with Gasteiger partial charge >= 0.3 is 11.9 Å². The van der Waals surface area contributed by atoms with E-state index in [0.717, 1.165) is 90.8 Å². The van der Waals surface area contributed by atoms with Gasteiger partial charge in [0, 0.05) is 62.3 Å². The van der Waals surface area contributed by atoms with Gasteiger partial charge in [-0.1, -0.05) is 56.5 Å². The molecular formula is C55H70Cl2FN4O18PS. The van der Waals surface area contributed by atoms with E-state index in [1.165, 1.54) is 12.7 Å². The van der Waals surface area contributed by atoms with Crippen LogP contribution < -0.4 is 20.3 Å². The predicted octanol–water partition coefficient (Wildman–Crippen LogP) is 8.31. The number of nitro groups is 1. The highest BCUT2D eigenvalue weighted by Crippen LogP contribution is 2.40. The third-order valence-corrected chi connectivity index (χ3v) is 15.7. The SMILES string of the molecule is CCCCCOC(=O)COc1cc(N2C(=O)C3=C(CCCC3)C2=O)c(F)cc1Cl.CCc1cccc(C)c1N(C(=O)CCl)C(C)COC.CP(=O)(O)CCC(N)C(=O)O.CS(=O)(=O)c1ccc(C(=O)C2C(=O)CCCC2=O)c([N+](=O)[O-])c1. The molecule has 3 aromatic rings. The zero-order chi connectivity index (χ0) is 61.8. The number of carboxylic acid groups (broad SMARTS) is 1. The molecule has 3 atom stereocenters. The topological polar surface area (TPSA) is 332 Å². The molecule has 1 aliphatic heterocycles. The number of methoxy groups -OCH3 is 1. The van der Waals surface area contributed by atoms with E-state index in [2.05, 4.69) is 13.0 Å². The van der Waals surface area contributed by atoms with Crippen LogP contribution >= 0.6 is 30.6 Å². The van der Waals surface area contributed by atoms with Gasteiger partial charge in [0.25, 0.3) is 17.5 Å². The van der Waals surface area contributed by atoms with Crippen LogP contribution in [0.15, 0.2) is 64.6 Å². The highest BCUT2D eigenvalue weighted by atomic mass is 35.5. The minimum absolute atomic E-state index is 0.000883. The number of ketones is 3. The normalized spacial score (nSPS) is 15.7. The van der Waals surface area contributed by atoms with Crippen molar-refractivity contribution in [3.63, 3.8) is 0 Å². The molecule has 0 saturated heterocycles. The summed E-state index contributed by atoms with van der Waals surface area (Å²) in [6.07, 6.45) is 7.65. The summed E-state index contributed by atoms with van der Waals surface area (Å²) >= 11 is 11.8. The van der Waals surface area contributed by atoms with Crippen molar-refractivity contribution in [2.45, 2.75) is 122 Å². The number of ether oxygens (including phenoxy) is 3. The van der Waals surface area contributed by atoms with Gasteiger partial charge in [-0.2, -0.15) is 0 Å². The van der Waals surface area contributed by atoms with Crippen molar-refractivity contribution >= 4 is 104 Å². The molecule has 4 N–H and O–H groups in total. The van der Waals surface area contributed by atoms with E-state index in [4.69, 9.17) is 53.1 Å². The fourth-order valence-corrected chi connectivity index (χ4v) is 10.5. The number of halogens is 3. The molecule has 2 aliphatic carbocycles. The minimum Gasteiger partial charge on any atom is -0.480 e. The molecule has 27 heteroatoms. The Morgan fingerprint density at radius 1 is 0.976 bits per heavy atom. The number of para-hydroxylation sites is 1. The number of unbranched alkanes of at least 4 members (excludes halogenated alkanes) is 2. The number of nitrogens with zero attached hydrogens (tertiary/aromatic N) is 3. The highest BCUT2D eigenvalue weighted by Gasteiger charge is 2.42. The number of nitro benzene ring substituents is 1. The van der Waals surface area contributed by atoms with Crippen LogP contribution in [0.1, 0.15) is 113 Å². The summed E-state index contributed by atoms with van der Waals surface area (Å²) in [5.41, 5.74) is 7.81. The molecule has 3 unspecified atom stereocenters. The standard InChI is InChI=1S/C21H23ClFNO5.C15H22ClNO2.C14H13NO7S.C5H12NO4P/c1-2-3-6-9-28-19(25)12-29-18-11-17(16(23)10-15(18)22)24-20(26)13-7-4-5-8-14(13)21(24)27;1-5-13-8-6-7-11(2)15(13)17(14(18)9-16)12(3)10-19-4;1-23(21,22)8-5-6-9(10(7-8)15(19)20)14(18)13-11(16)3-2-4-12(13)17;1-11(9,10)3-2-4(6)5(7)8/h10-11H,2-9,12H2,1H3;6-8,12H,5,9-10H2,1-4H3;5-7,13H,2-4H2,1H3;4H,2-3,6H2,1H3,(H,7,8)(H,9,10). The second kappa shape index (κ2) is 32.5. The molecule has 1 fully saturated rings. The fourth-order valence-electron chi connectivity index (χ4n) is 8.75. The maximum atomic E-state index is 14.5. The first-order chi connectivity index (χ1) is 38.4. The van der Waals surface area contributed by atoms with Crippen LogP contribution in [0.3, 0.4) is 0 Å². The molecule has 3 aromatic carbocycles. The van der Waals surface area contributed by atoms with E-state index < -0.39 is 98.9 Å². The third-order valence-electron chi connectivity index (χ3n) is 12.9. The largest absolute Gasteiger partial charge is 0.480 e. The molecule has 0 radical (unpaired) electrons. The lowest BCUT2D eigenvalue weighted by molar-refractivity contribution is -0.385. The van der Waals surface area contributed by atoms with Crippen LogP contribution in [0.2, 0.25) is 5.02 Å². The number of anilines is 2. The third kappa shape index (κ3) is 20.0. The Labute approximate surface area is 485 Å². The van der Waals surface area contributed by atoms with Crippen LogP contribution in [0, 0.1) is 28.8 Å². The summed E-state index contributed by atoms with van der Waals surface area (Å²) in [7, 11) is -5.16. The van der Waals surface area contributed by atoms with Crippen molar-refractivity contribution in [2.24, 2.45) is 11.7 Å². The van der Waals surface area contributed by atoms with Crippen molar-refractivity contribution in [1.82, 2.24) is 0 Å². The average molecular weight is 1230 g/mol. The Balaban J connectivity index is 0.000000301. The summed E-state index contributed by atoms with van der Waals surface area (Å²) in [4.78, 5) is 117. The number of esters is 1. The van der Waals surface area contributed by atoms with Crippen LogP contribution in [0.5, 0.6) is 5.75 Å². The van der Waals surface area contributed by atoms with E-state index in [1.54, 1.807) is 12.0 Å². The lowest BCUT2D eigenvalue weighted by atomic mass is 9.81. The molecule has 82 heavy (non-hydrogen) atoms. The Morgan fingerprint density at radius 3 is 2.10 bits per heavy atom. The Hall–Kier alpha value is -6.27. The van der Waals surface area contributed by atoms with Gasteiger partial charge in [0.1, 0.15) is 29.4 Å². The zero-order valence-electron chi connectivity index (χ0n) is 46.7. The molecule has 0 aromatic heterocycles. The molecule has 3 amide bonds. The first-order valence-corrected chi connectivity index (χ1v) is 31.2. The minimum atomic E-state index is -3.70. The summed E-state index contributed by atoms with van der Waals surface area (Å²) < 4.78 is 63.7. The van der Waals surface area contributed by atoms with Gasteiger partial charge in [-0.15, -0.1) is 11.6 Å². The van der Waals surface area contributed by atoms with Gasteiger partial charge in [-0.05, 0) is 94.5 Å². The van der Waals surface area contributed by atoms with Crippen LogP contribution in [-0.2, 0) is 63.9 Å². The van der Waals surface area contributed by atoms with Crippen LogP contribution in [0.4, 0.5) is 21.5 Å². The quantitative estimate of drug-likeness (QED) is 0.00979. The number of benzene rings is 3. The number of aryl methyl sites for hydroxylation is 2. The summed E-state index contributed by atoms with van der Waals surface area (Å²) in [5.74, 6) is -7.27. The number of hydrogen-bond donors (Lipinski definition) is 3. The number of imide groups is 1. The fraction of sp³-hybridized carbons (Fsp3) is 0.491. The van der Waals surface area contributed by atoms with E-state index in [1.807, 2.05) is 32.9 Å². The number of aliphatic carboxylic acids is 1. The molecule has 3 aliphatic rings. The molecular weight excluding hydrogens is 1160 g/mol. The van der Waals surface area contributed by atoms with Gasteiger partial charge in [0.15, 0.2) is 41.2 Å². The first kappa shape index (κ1) is 70.0. The number of carbonyl (C=O) groups is 8. The molecule has 0 bridgehead atoms. The molecule has 0 spiro atoms. The zero-order valence-corrected chi connectivity index (χ0v) is 49.9. The summed E-state index contributed by atoms with van der Waals surface area (Å²) in [6.45, 7) is 9.67. The maximum absolute atomic E-state index is 14.5. The first-order valence-electron chi connectivity index (χ1n) is 26.1. The number of carboxylic acids is 1. The van der Waals surface area contributed by atoms with E-state index in [9.17, 15) is 65.8 Å². The van der Waals surface area contributed by atoms with Crippen molar-refractivity contribution in [2.75, 3.05) is 61.7 Å². The monoisotopic (exact) mass is 1230 g/mol. The number of amides is 3. The van der Waals surface area contributed by atoms with Crippen LogP contribution in [-0.4, -0.2) is 134 Å². The number of Topliss-reactive ketones (excluding diaryl/α,β-unsaturated/α-hetero) is 3. The van der Waals surface area contributed by atoms with E-state index >= 15 is 0 Å². The second-order valence-corrected chi connectivity index (χ2v) is 24.7. The number of nitrogens with two attached hydrogens (primary N) is 1. The molecule has 6 rings (SSSR count). The number of hydrogen-bond acceptors (Lipinski definition) is 17. The van der Waals surface area contributed by atoms with Gasteiger partial charge in [-0.3, -0.25) is 48.2 Å². The van der Waals surface area contributed by atoms with Gasteiger partial charge < -0.3 is 34.8 Å². The van der Waals surface area contributed by atoms with Gasteiger partial charge in [0.2, 0.25) is 5.91 Å². The van der Waals surface area contributed by atoms with Crippen LogP contribution in [0.25, 0.3) is 0 Å². The van der Waals surface area contributed by atoms with Gasteiger partial charge in [-0.25, -0.2) is 22.5 Å². The van der Waals surface area contributed by atoms with E-state index in [-0.39, 0.29) is 64.6 Å². The van der Waals surface area contributed by atoms with Gasteiger partial charge in [0.05, 0.1) is 51.0 Å². The Morgan fingerprint density at radius 2 is 1.59 bits per heavy atom. The Bertz CT molecular complexity index is 3040. The summed E-state index contributed by atoms with van der Waals surface area (Å²) in [6, 6.07) is 9.95. The number of sulfone groups is 1. The number of carbonyl (C=O) groups excluding carboxylic acids is 7. The smallest absolute Gasteiger partial charge is 0.344 e. The number of alkyl halides is 1. The molecule has 450 valence electrons. The molecule has 1 saturated carbocycles. The van der Waals surface area contributed by atoms with Crippen molar-refractivity contribution < 1.29 is 84.9 Å². The lowest BCUT2D eigenvalue weighted by Crippen LogP contribution is -2.43. The Kier molecular flexibility index (Phi) is 27.8. The second-order valence-electron chi connectivity index (χ2n) is 19.5. The van der Waals surface area contributed by atoms with Crippen molar-refractivity contribution in [3.8, 4) is 5.75 Å². The average Bonchev–Trinajstić information content (AvgIpc) is 3.90. The van der Waals surface area contributed by atoms with Crippen molar-refractivity contribution in [3.05, 3.63) is 97.3 Å². The van der Waals surface area contributed by atoms with Crippen molar-refractivity contribution in [1.29, 1.82) is 0 Å². The summed E-state index contributed by atoms with van der Waals surface area (Å²) in [5, 5.41) is 19.4. The number of rotatable bonds is 22.